The third kappa shape index (κ3) is 2.59. The topological polar surface area (TPSA) is 46.1 Å². The number of rotatable bonds is 2. The van der Waals surface area contributed by atoms with E-state index in [1.807, 2.05) is 48.6 Å². The second-order valence-corrected chi connectivity index (χ2v) is 6.31. The van der Waals surface area contributed by atoms with Gasteiger partial charge >= 0.3 is 0 Å². The number of carbonyl (C=O) groups excluding carboxylic acids is 1. The second kappa shape index (κ2) is 6.13. The fourth-order valence-corrected chi connectivity index (χ4v) is 3.72. The Morgan fingerprint density at radius 3 is 1.83 bits per heavy atom. The molecule has 0 aromatic carbocycles. The van der Waals surface area contributed by atoms with Crippen molar-refractivity contribution in [2.45, 2.75) is 24.9 Å². The van der Waals surface area contributed by atoms with Crippen molar-refractivity contribution in [3.8, 4) is 0 Å². The van der Waals surface area contributed by atoms with E-state index in [0.717, 1.165) is 35.4 Å². The van der Waals surface area contributed by atoms with Gasteiger partial charge in [-0.25, -0.2) is 0 Å². The molecular formula is C20H19N3O. The molecule has 2 aliphatic rings. The lowest BCUT2D eigenvalue weighted by molar-refractivity contribution is -0.114. The first-order chi connectivity index (χ1) is 11.7. The highest BCUT2D eigenvalue weighted by Gasteiger charge is 2.44. The van der Waals surface area contributed by atoms with Crippen molar-refractivity contribution in [3.05, 3.63) is 71.3 Å². The Kier molecular flexibility index (Phi) is 3.82. The Hall–Kier alpha value is -2.59. The number of Topliss-reactive ketones (excluding diaryl/α,β-unsaturated/α-hetero) is 1. The molecule has 2 aromatic rings. The summed E-state index contributed by atoms with van der Waals surface area (Å²) in [6.07, 6.45) is 9.40. The number of piperidine rings is 1. The van der Waals surface area contributed by atoms with Crippen molar-refractivity contribution in [1.29, 1.82) is 0 Å². The minimum absolute atomic E-state index is 0.136. The van der Waals surface area contributed by atoms with E-state index in [-0.39, 0.29) is 17.9 Å². The number of likely N-dealkylation sites (N-methyl/N-ethyl adjacent to an activating group) is 1. The number of pyridine rings is 2. The van der Waals surface area contributed by atoms with E-state index in [4.69, 9.17) is 0 Å². The maximum absolute atomic E-state index is 13.1. The van der Waals surface area contributed by atoms with Gasteiger partial charge in [-0.1, -0.05) is 12.1 Å². The molecule has 0 saturated carbocycles. The molecule has 0 amide bonds. The van der Waals surface area contributed by atoms with E-state index in [9.17, 15) is 4.79 Å². The van der Waals surface area contributed by atoms with Crippen LogP contribution >= 0.6 is 0 Å². The molecule has 24 heavy (non-hydrogen) atoms. The number of aromatic nitrogens is 2. The predicted molar refractivity (Wildman–Crippen MR) is 94.0 cm³/mol. The Labute approximate surface area is 141 Å². The first-order valence-corrected chi connectivity index (χ1v) is 8.26. The van der Waals surface area contributed by atoms with Crippen molar-refractivity contribution < 1.29 is 4.79 Å². The van der Waals surface area contributed by atoms with Crippen molar-refractivity contribution in [3.63, 3.8) is 0 Å². The molecule has 0 unspecified atom stereocenters. The smallest absolute Gasteiger partial charge is 0.188 e. The summed E-state index contributed by atoms with van der Waals surface area (Å²) in [5.41, 5.74) is 3.34. The Balaban J connectivity index is 1.78. The van der Waals surface area contributed by atoms with Gasteiger partial charge in [-0.2, -0.15) is 0 Å². The quantitative estimate of drug-likeness (QED) is 0.799. The molecule has 4 rings (SSSR count). The lowest BCUT2D eigenvalue weighted by Crippen LogP contribution is -2.43. The van der Waals surface area contributed by atoms with E-state index in [2.05, 4.69) is 21.9 Å². The van der Waals surface area contributed by atoms with Gasteiger partial charge in [0, 0.05) is 35.6 Å². The zero-order valence-electron chi connectivity index (χ0n) is 13.6. The van der Waals surface area contributed by atoms with Gasteiger partial charge in [0.15, 0.2) is 5.78 Å². The number of ketones is 1. The molecule has 2 bridgehead atoms. The number of hydrogen-bond donors (Lipinski definition) is 0. The van der Waals surface area contributed by atoms with Gasteiger partial charge in [0.25, 0.3) is 0 Å². The van der Waals surface area contributed by atoms with Crippen LogP contribution in [0.5, 0.6) is 0 Å². The van der Waals surface area contributed by atoms with E-state index in [1.54, 1.807) is 12.4 Å². The third-order valence-electron chi connectivity index (χ3n) is 4.92. The second-order valence-electron chi connectivity index (χ2n) is 6.31. The van der Waals surface area contributed by atoms with Crippen molar-refractivity contribution in [1.82, 2.24) is 14.9 Å². The Morgan fingerprint density at radius 1 is 0.917 bits per heavy atom. The Morgan fingerprint density at radius 2 is 1.42 bits per heavy atom. The van der Waals surface area contributed by atoms with E-state index in [0.29, 0.717) is 0 Å². The number of nitrogens with zero attached hydrogens (tertiary/aromatic N) is 3. The van der Waals surface area contributed by atoms with Crippen molar-refractivity contribution in [2.24, 2.45) is 0 Å². The summed E-state index contributed by atoms with van der Waals surface area (Å²) in [5.74, 6) is 0.136. The summed E-state index contributed by atoms with van der Waals surface area (Å²) in [7, 11) is 2.10. The lowest BCUT2D eigenvalue weighted by atomic mass is 9.89. The highest BCUT2D eigenvalue weighted by Crippen LogP contribution is 2.40. The molecule has 2 atom stereocenters. The summed E-state index contributed by atoms with van der Waals surface area (Å²) < 4.78 is 0. The van der Waals surface area contributed by atoms with Gasteiger partial charge in [-0.3, -0.25) is 19.7 Å². The van der Waals surface area contributed by atoms with Gasteiger partial charge in [0.05, 0.1) is 11.4 Å². The highest BCUT2D eigenvalue weighted by atomic mass is 16.1. The first-order valence-electron chi connectivity index (χ1n) is 8.26. The number of fused-ring (bicyclic) bond motifs is 2. The van der Waals surface area contributed by atoms with Crippen molar-refractivity contribution in [2.75, 3.05) is 7.05 Å². The number of hydrogen-bond acceptors (Lipinski definition) is 4. The molecule has 4 heteroatoms. The molecule has 0 aliphatic carbocycles. The molecule has 2 saturated heterocycles. The fourth-order valence-electron chi connectivity index (χ4n) is 3.72. The molecule has 2 aliphatic heterocycles. The standard InChI is InChI=1S/C20H19N3O/c1-23-18-8-9-19(23)17(13-15-7-3-5-11-22-15)20(24)16(18)12-14-6-2-4-10-21-14/h2-7,10-13,18-19H,8-9H2,1H3/b16-12-,17-13+/t18-,19-/m0/s1. The summed E-state index contributed by atoms with van der Waals surface area (Å²) >= 11 is 0. The highest BCUT2D eigenvalue weighted by molar-refractivity contribution is 6.16. The third-order valence-corrected chi connectivity index (χ3v) is 4.92. The van der Waals surface area contributed by atoms with Gasteiger partial charge in [-0.15, -0.1) is 0 Å². The molecular weight excluding hydrogens is 298 g/mol. The average molecular weight is 317 g/mol. The van der Waals surface area contributed by atoms with Crippen LogP contribution in [0.25, 0.3) is 12.2 Å². The van der Waals surface area contributed by atoms with Crippen LogP contribution in [0.1, 0.15) is 24.2 Å². The van der Waals surface area contributed by atoms with Crippen LogP contribution in [0, 0.1) is 0 Å². The largest absolute Gasteiger partial charge is 0.292 e. The van der Waals surface area contributed by atoms with Crippen LogP contribution in [0.15, 0.2) is 59.9 Å². The summed E-state index contributed by atoms with van der Waals surface area (Å²) in [4.78, 5) is 24.1. The molecule has 2 fully saturated rings. The summed E-state index contributed by atoms with van der Waals surface area (Å²) in [5, 5.41) is 0. The minimum atomic E-state index is 0.136. The molecule has 0 spiro atoms. The van der Waals surface area contributed by atoms with E-state index < -0.39 is 0 Å². The van der Waals surface area contributed by atoms with Crippen LogP contribution in [0.4, 0.5) is 0 Å². The van der Waals surface area contributed by atoms with Crippen LogP contribution < -0.4 is 0 Å². The normalized spacial score (nSPS) is 27.1. The van der Waals surface area contributed by atoms with Gasteiger partial charge in [0.2, 0.25) is 0 Å². The maximum atomic E-state index is 13.1. The zero-order chi connectivity index (χ0) is 16.5. The predicted octanol–water partition coefficient (Wildman–Crippen LogP) is 2.99. The zero-order valence-corrected chi connectivity index (χ0v) is 13.6. The van der Waals surface area contributed by atoms with Crippen molar-refractivity contribution >= 4 is 17.9 Å². The van der Waals surface area contributed by atoms with E-state index >= 15 is 0 Å². The first kappa shape index (κ1) is 15.0. The number of carbonyl (C=O) groups is 1. The summed E-state index contributed by atoms with van der Waals surface area (Å²) in [6, 6.07) is 11.9. The van der Waals surface area contributed by atoms with Crippen LogP contribution in [-0.2, 0) is 4.79 Å². The molecule has 0 N–H and O–H groups in total. The van der Waals surface area contributed by atoms with E-state index in [1.165, 1.54) is 0 Å². The van der Waals surface area contributed by atoms with Gasteiger partial charge in [0.1, 0.15) is 0 Å². The lowest BCUT2D eigenvalue weighted by Gasteiger charge is -2.34. The van der Waals surface area contributed by atoms with Crippen LogP contribution in [0.2, 0.25) is 0 Å². The molecule has 0 radical (unpaired) electrons. The monoisotopic (exact) mass is 317 g/mol. The van der Waals surface area contributed by atoms with Crippen LogP contribution in [0.3, 0.4) is 0 Å². The average Bonchev–Trinajstić information content (AvgIpc) is 2.93. The minimum Gasteiger partial charge on any atom is -0.292 e. The Bertz CT molecular complexity index is 744. The molecule has 4 heterocycles. The molecule has 2 aromatic heterocycles. The molecule has 120 valence electrons. The van der Waals surface area contributed by atoms with Gasteiger partial charge < -0.3 is 0 Å². The fraction of sp³-hybridized carbons (Fsp3) is 0.250. The summed E-state index contributed by atoms with van der Waals surface area (Å²) in [6.45, 7) is 0. The maximum Gasteiger partial charge on any atom is 0.188 e. The van der Waals surface area contributed by atoms with Crippen LogP contribution in [-0.4, -0.2) is 39.8 Å². The SMILES string of the molecule is CN1[C@H]2CC[C@H]1/C(=C\c1ccccn1)C(=O)/C2=C\c1ccccn1. The van der Waals surface area contributed by atoms with Gasteiger partial charge in [-0.05, 0) is 56.3 Å². The molecule has 4 nitrogen and oxygen atoms in total.